The average molecular weight is 858 g/mol. The van der Waals surface area contributed by atoms with E-state index in [4.69, 9.17) is 53.1 Å². The summed E-state index contributed by atoms with van der Waals surface area (Å²) in [5.74, 6) is -2.90. The molecule has 3 rings (SSSR count). The highest BCUT2D eigenvalue weighted by Gasteiger charge is 2.49. The van der Waals surface area contributed by atoms with Gasteiger partial charge in [-0.1, -0.05) is 0 Å². The van der Waals surface area contributed by atoms with Gasteiger partial charge in [0.2, 0.25) is 11.8 Å². The van der Waals surface area contributed by atoms with Crippen molar-refractivity contribution in [3.05, 3.63) is 0 Å². The Morgan fingerprint density at radius 3 is 1.31 bits per heavy atom. The van der Waals surface area contributed by atoms with Crippen molar-refractivity contribution < 1.29 is 87.6 Å². The number of aliphatic hydroxyl groups is 6. The van der Waals surface area contributed by atoms with Crippen LogP contribution in [-0.4, -0.2) is 228 Å². The molecule has 15 atom stereocenters. The Hall–Kier alpha value is -1.74. The minimum Gasteiger partial charge on any atom is -0.394 e. The molecule has 0 spiro atoms. The maximum Gasteiger partial charge on any atom is 0.217 e. The fourth-order valence-electron chi connectivity index (χ4n) is 7.66. The maximum atomic E-state index is 12.5. The largest absolute Gasteiger partial charge is 0.394 e. The van der Waals surface area contributed by atoms with Crippen LogP contribution < -0.4 is 16.4 Å². The van der Waals surface area contributed by atoms with Gasteiger partial charge in [-0.2, -0.15) is 0 Å². The van der Waals surface area contributed by atoms with E-state index in [-0.39, 0.29) is 105 Å². The maximum absolute atomic E-state index is 12.5. The third-order valence-electron chi connectivity index (χ3n) is 10.6. The molecule has 0 saturated carbocycles. The molecule has 0 aromatic carbocycles. The van der Waals surface area contributed by atoms with Crippen LogP contribution in [-0.2, 0) is 57.0 Å². The van der Waals surface area contributed by atoms with E-state index in [2.05, 4.69) is 10.6 Å². The Labute approximate surface area is 346 Å². The molecule has 3 aliphatic heterocycles. The molecule has 21 heteroatoms. The molecule has 346 valence electrons. The highest BCUT2D eigenvalue weighted by atomic mass is 16.6. The first kappa shape index (κ1) is 51.6. The molecule has 0 radical (unpaired) electrons. The standard InChI is InChI=1S/C38H71N3O18/c1-21(2)56-20-30-33(39)36(47)25(28(57-30)16-52-10-7-43)13-54-18-32-35(41-23(4)46)38(49)26(29(59-32)17-53-11-8-44)14-55-19-31-34(40-22(3)45)37(48)24(12-50-5)27(58-31)15-51-9-6-42/h21,24-38,42-44,47-49H,6-20,39H2,1-5H3,(H,40,45)(H,41,46). The van der Waals surface area contributed by atoms with Gasteiger partial charge in [-0.3, -0.25) is 9.59 Å². The molecule has 3 saturated heterocycles. The van der Waals surface area contributed by atoms with E-state index < -0.39 is 103 Å². The van der Waals surface area contributed by atoms with Gasteiger partial charge < -0.3 is 94.4 Å². The molecular weight excluding hydrogens is 786 g/mol. The van der Waals surface area contributed by atoms with Crippen molar-refractivity contribution in [3.63, 3.8) is 0 Å². The van der Waals surface area contributed by atoms with Crippen LogP contribution in [0.1, 0.15) is 27.7 Å². The van der Waals surface area contributed by atoms with Crippen LogP contribution in [0.3, 0.4) is 0 Å². The molecule has 3 aliphatic rings. The summed E-state index contributed by atoms with van der Waals surface area (Å²) in [5.41, 5.74) is 6.39. The summed E-state index contributed by atoms with van der Waals surface area (Å²) in [6.07, 6.45) is -8.14. The van der Waals surface area contributed by atoms with Crippen molar-refractivity contribution in [2.75, 3.05) is 106 Å². The van der Waals surface area contributed by atoms with Crippen molar-refractivity contribution in [1.29, 1.82) is 0 Å². The predicted molar refractivity (Wildman–Crippen MR) is 206 cm³/mol. The molecule has 15 unspecified atom stereocenters. The highest BCUT2D eigenvalue weighted by molar-refractivity contribution is 5.73. The van der Waals surface area contributed by atoms with E-state index in [1.165, 1.54) is 21.0 Å². The summed E-state index contributed by atoms with van der Waals surface area (Å²) in [6.45, 7) is 5.50. The van der Waals surface area contributed by atoms with E-state index in [9.17, 15) is 40.2 Å². The molecule has 2 amide bonds. The fourth-order valence-corrected chi connectivity index (χ4v) is 7.66. The van der Waals surface area contributed by atoms with Crippen LogP contribution in [0.4, 0.5) is 0 Å². The second-order valence-corrected chi connectivity index (χ2v) is 15.4. The molecule has 3 heterocycles. The van der Waals surface area contributed by atoms with Crippen LogP contribution in [0, 0.1) is 17.8 Å². The minimum atomic E-state index is -1.27. The number of nitrogens with one attached hydrogen (secondary N) is 2. The second-order valence-electron chi connectivity index (χ2n) is 15.4. The molecule has 0 aromatic rings. The number of carbonyl (C=O) groups excluding carboxylic acids is 2. The Bertz CT molecular complexity index is 1180. The predicted octanol–water partition coefficient (Wildman–Crippen LogP) is -4.31. The molecule has 0 aromatic heterocycles. The number of hydrogen-bond acceptors (Lipinski definition) is 19. The van der Waals surface area contributed by atoms with E-state index >= 15 is 0 Å². The van der Waals surface area contributed by atoms with Gasteiger partial charge in [-0.05, 0) is 13.8 Å². The van der Waals surface area contributed by atoms with Crippen molar-refractivity contribution in [1.82, 2.24) is 10.6 Å². The SMILES string of the molecule is COCC1C(COCCO)OC(COCC2C(COCCO)OC(COCC3C(COCCO)OC(COC(C)C)C(N)C3O)C(NC(C)=O)C2O)C(NC(C)=O)C1O. The molecule has 0 aliphatic carbocycles. The highest BCUT2D eigenvalue weighted by Crippen LogP contribution is 2.32. The zero-order valence-corrected chi connectivity index (χ0v) is 35.0. The van der Waals surface area contributed by atoms with Gasteiger partial charge in [0.25, 0.3) is 0 Å². The molecule has 0 bridgehead atoms. The smallest absolute Gasteiger partial charge is 0.217 e. The number of rotatable bonds is 27. The molecule has 3 fully saturated rings. The van der Waals surface area contributed by atoms with Crippen LogP contribution >= 0.6 is 0 Å². The first-order chi connectivity index (χ1) is 28.3. The second kappa shape index (κ2) is 27.3. The topological polar surface area (TPSA) is 298 Å². The lowest BCUT2D eigenvalue weighted by atomic mass is 9.85. The number of nitrogens with two attached hydrogens (primary N) is 1. The van der Waals surface area contributed by atoms with Crippen molar-refractivity contribution in [3.8, 4) is 0 Å². The number of aliphatic hydroxyl groups excluding tert-OH is 6. The molecule has 21 nitrogen and oxygen atoms in total. The summed E-state index contributed by atoms with van der Waals surface area (Å²) in [5, 5.41) is 67.9. The number of amides is 2. The Kier molecular flexibility index (Phi) is 23.9. The van der Waals surface area contributed by atoms with Gasteiger partial charge in [0.1, 0.15) is 12.2 Å². The van der Waals surface area contributed by atoms with Gasteiger partial charge in [-0.25, -0.2) is 0 Å². The lowest BCUT2D eigenvalue weighted by Gasteiger charge is -2.46. The van der Waals surface area contributed by atoms with E-state index in [1.807, 2.05) is 13.8 Å². The van der Waals surface area contributed by atoms with Crippen LogP contribution in [0.25, 0.3) is 0 Å². The van der Waals surface area contributed by atoms with Crippen LogP contribution in [0.2, 0.25) is 0 Å². The van der Waals surface area contributed by atoms with Crippen molar-refractivity contribution >= 4 is 11.8 Å². The Morgan fingerprint density at radius 2 is 0.932 bits per heavy atom. The quantitative estimate of drug-likeness (QED) is 0.0353. The van der Waals surface area contributed by atoms with Crippen molar-refractivity contribution in [2.24, 2.45) is 23.5 Å². The lowest BCUT2D eigenvalue weighted by Crippen LogP contribution is -2.65. The van der Waals surface area contributed by atoms with Crippen LogP contribution in [0.5, 0.6) is 0 Å². The monoisotopic (exact) mass is 857 g/mol. The van der Waals surface area contributed by atoms with E-state index in [1.54, 1.807) is 0 Å². The lowest BCUT2D eigenvalue weighted by molar-refractivity contribution is -0.219. The third-order valence-corrected chi connectivity index (χ3v) is 10.6. The van der Waals surface area contributed by atoms with Gasteiger partial charge in [0, 0.05) is 38.7 Å². The van der Waals surface area contributed by atoms with Gasteiger partial charge in [0.15, 0.2) is 0 Å². The first-order valence-electron chi connectivity index (χ1n) is 20.4. The van der Waals surface area contributed by atoms with E-state index in [0.717, 1.165) is 0 Å². The van der Waals surface area contributed by atoms with Gasteiger partial charge in [0.05, 0.1) is 166 Å². The number of carbonyl (C=O) groups is 2. The summed E-state index contributed by atoms with van der Waals surface area (Å²) < 4.78 is 58.9. The third kappa shape index (κ3) is 16.2. The number of methoxy groups -OCH3 is 1. The van der Waals surface area contributed by atoms with Crippen molar-refractivity contribution in [2.45, 2.75) is 107 Å². The Balaban J connectivity index is 1.76. The zero-order chi connectivity index (χ0) is 43.5. The van der Waals surface area contributed by atoms with Gasteiger partial charge >= 0.3 is 0 Å². The summed E-state index contributed by atoms with van der Waals surface area (Å²) in [4.78, 5) is 24.7. The number of hydrogen-bond donors (Lipinski definition) is 9. The fraction of sp³-hybridized carbons (Fsp3) is 0.947. The summed E-state index contributed by atoms with van der Waals surface area (Å²) in [7, 11) is 1.48. The molecular formula is C38H71N3O18. The summed E-state index contributed by atoms with van der Waals surface area (Å²) >= 11 is 0. The Morgan fingerprint density at radius 1 is 0.559 bits per heavy atom. The average Bonchev–Trinajstić information content (AvgIpc) is 3.18. The molecule has 10 N–H and O–H groups in total. The summed E-state index contributed by atoms with van der Waals surface area (Å²) in [6, 6.07) is -2.69. The first-order valence-corrected chi connectivity index (χ1v) is 20.4. The van der Waals surface area contributed by atoms with E-state index in [0.29, 0.717) is 0 Å². The van der Waals surface area contributed by atoms with Crippen LogP contribution in [0.15, 0.2) is 0 Å². The van der Waals surface area contributed by atoms with Gasteiger partial charge in [-0.15, -0.1) is 0 Å². The zero-order valence-electron chi connectivity index (χ0n) is 35.0. The molecule has 59 heavy (non-hydrogen) atoms. The number of ether oxygens (including phenoxy) is 10. The normalized spacial score (nSPS) is 35.2. The minimum absolute atomic E-state index is 0.0167.